The topological polar surface area (TPSA) is 105 Å². The van der Waals surface area contributed by atoms with Crippen molar-refractivity contribution in [3.05, 3.63) is 29.3 Å². The molecule has 1 aromatic carbocycles. The molecule has 1 aliphatic rings. The molecule has 1 aromatic rings. The highest BCUT2D eigenvalue weighted by Crippen LogP contribution is 2.33. The maximum Gasteiger partial charge on any atom is 0.242 e. The Labute approximate surface area is 116 Å². The Kier molecular flexibility index (Phi) is 3.98. The number of rotatable bonds is 5. The van der Waals surface area contributed by atoms with Crippen LogP contribution < -0.4 is 10.5 Å². The molecule has 19 heavy (non-hydrogen) atoms. The molecular weight excluding hydrogens is 290 g/mol. The van der Waals surface area contributed by atoms with Crippen LogP contribution in [-0.2, 0) is 10.0 Å². The monoisotopic (exact) mass is 303 g/mol. The standard InChI is InChI=1S/C11H14ClN3O3S/c12-8-3-1-2-4-9(8)19(17,18)15-10(7-5-6-7)11(13)14-16/h1-4,7,10,15-16H,5-6H2,(H2,13,14). The molecule has 0 heterocycles. The van der Waals surface area contributed by atoms with E-state index in [9.17, 15) is 8.42 Å². The van der Waals surface area contributed by atoms with Crippen LogP contribution in [0, 0.1) is 5.92 Å². The van der Waals surface area contributed by atoms with Gasteiger partial charge in [0.25, 0.3) is 0 Å². The molecule has 104 valence electrons. The summed E-state index contributed by atoms with van der Waals surface area (Å²) >= 11 is 5.87. The van der Waals surface area contributed by atoms with E-state index in [0.717, 1.165) is 12.8 Å². The maximum atomic E-state index is 12.2. The highest BCUT2D eigenvalue weighted by atomic mass is 35.5. The highest BCUT2D eigenvalue weighted by Gasteiger charge is 2.37. The minimum Gasteiger partial charge on any atom is -0.409 e. The van der Waals surface area contributed by atoms with E-state index in [2.05, 4.69) is 9.88 Å². The molecule has 0 spiro atoms. The van der Waals surface area contributed by atoms with Crippen molar-refractivity contribution < 1.29 is 13.6 Å². The molecule has 0 amide bonds. The predicted octanol–water partition coefficient (Wildman–Crippen LogP) is 1.14. The fraction of sp³-hybridized carbons (Fsp3) is 0.364. The van der Waals surface area contributed by atoms with Crippen LogP contribution in [0.2, 0.25) is 5.02 Å². The summed E-state index contributed by atoms with van der Waals surface area (Å²) in [5.74, 6) is -0.0775. The number of benzene rings is 1. The lowest BCUT2D eigenvalue weighted by Gasteiger charge is -2.17. The van der Waals surface area contributed by atoms with Crippen molar-refractivity contribution in [2.75, 3.05) is 0 Å². The quantitative estimate of drug-likeness (QED) is 0.328. The van der Waals surface area contributed by atoms with Crippen molar-refractivity contribution in [3.63, 3.8) is 0 Å². The van der Waals surface area contributed by atoms with Crippen molar-refractivity contribution in [2.45, 2.75) is 23.8 Å². The Balaban J connectivity index is 2.28. The van der Waals surface area contributed by atoms with Gasteiger partial charge in [0.2, 0.25) is 10.0 Å². The van der Waals surface area contributed by atoms with Gasteiger partial charge >= 0.3 is 0 Å². The number of hydrogen-bond acceptors (Lipinski definition) is 4. The van der Waals surface area contributed by atoms with Crippen LogP contribution in [-0.4, -0.2) is 25.5 Å². The van der Waals surface area contributed by atoms with E-state index in [-0.39, 0.29) is 21.7 Å². The molecule has 8 heteroatoms. The number of sulfonamides is 1. The van der Waals surface area contributed by atoms with E-state index in [4.69, 9.17) is 22.5 Å². The van der Waals surface area contributed by atoms with Crippen LogP contribution in [0.3, 0.4) is 0 Å². The number of hydrogen-bond donors (Lipinski definition) is 3. The second kappa shape index (κ2) is 5.36. The third kappa shape index (κ3) is 3.17. The first-order valence-electron chi connectivity index (χ1n) is 5.70. The normalized spacial score (nSPS) is 18.3. The van der Waals surface area contributed by atoms with E-state index < -0.39 is 16.1 Å². The van der Waals surface area contributed by atoms with Crippen molar-refractivity contribution >= 4 is 27.5 Å². The number of nitrogens with two attached hydrogens (primary N) is 1. The molecule has 0 saturated heterocycles. The predicted molar refractivity (Wildman–Crippen MR) is 71.7 cm³/mol. The summed E-state index contributed by atoms with van der Waals surface area (Å²) in [7, 11) is -3.80. The first-order valence-corrected chi connectivity index (χ1v) is 7.56. The van der Waals surface area contributed by atoms with E-state index >= 15 is 0 Å². The van der Waals surface area contributed by atoms with Gasteiger partial charge in [0, 0.05) is 0 Å². The Hall–Kier alpha value is -1.31. The summed E-state index contributed by atoms with van der Waals surface area (Å²) in [5, 5.41) is 11.7. The lowest BCUT2D eigenvalue weighted by Crippen LogP contribution is -2.46. The zero-order valence-electron chi connectivity index (χ0n) is 9.95. The maximum absolute atomic E-state index is 12.2. The van der Waals surface area contributed by atoms with Crippen molar-refractivity contribution in [1.29, 1.82) is 0 Å². The van der Waals surface area contributed by atoms with Crippen LogP contribution in [0.1, 0.15) is 12.8 Å². The smallest absolute Gasteiger partial charge is 0.242 e. The number of nitrogens with zero attached hydrogens (tertiary/aromatic N) is 1. The van der Waals surface area contributed by atoms with Crippen molar-refractivity contribution in [2.24, 2.45) is 16.8 Å². The Bertz CT molecular complexity index is 599. The largest absolute Gasteiger partial charge is 0.409 e. The number of halogens is 1. The van der Waals surface area contributed by atoms with E-state index in [0.29, 0.717) is 0 Å². The summed E-state index contributed by atoms with van der Waals surface area (Å²) in [6.45, 7) is 0. The lowest BCUT2D eigenvalue weighted by molar-refractivity contribution is 0.314. The first kappa shape index (κ1) is 14.1. The molecule has 1 unspecified atom stereocenters. The van der Waals surface area contributed by atoms with Crippen LogP contribution in [0.15, 0.2) is 34.3 Å². The van der Waals surface area contributed by atoms with Crippen LogP contribution >= 0.6 is 11.6 Å². The average molecular weight is 304 g/mol. The van der Waals surface area contributed by atoms with Crippen LogP contribution in [0.25, 0.3) is 0 Å². The third-order valence-corrected chi connectivity index (χ3v) is 4.88. The van der Waals surface area contributed by atoms with E-state index in [1.807, 2.05) is 0 Å². The molecule has 0 aromatic heterocycles. The minimum atomic E-state index is -3.80. The van der Waals surface area contributed by atoms with Gasteiger partial charge in [-0.2, -0.15) is 0 Å². The second-order valence-electron chi connectivity index (χ2n) is 4.39. The highest BCUT2D eigenvalue weighted by molar-refractivity contribution is 7.89. The van der Waals surface area contributed by atoms with Gasteiger partial charge < -0.3 is 10.9 Å². The van der Waals surface area contributed by atoms with Crippen molar-refractivity contribution in [3.8, 4) is 0 Å². The third-order valence-electron chi connectivity index (χ3n) is 2.94. The summed E-state index contributed by atoms with van der Waals surface area (Å²) in [6.07, 6.45) is 1.68. The van der Waals surface area contributed by atoms with Gasteiger partial charge in [-0.05, 0) is 30.9 Å². The molecule has 0 bridgehead atoms. The van der Waals surface area contributed by atoms with Gasteiger partial charge in [0.1, 0.15) is 4.90 Å². The molecule has 0 radical (unpaired) electrons. The molecule has 6 nitrogen and oxygen atoms in total. The number of amidine groups is 1. The van der Waals surface area contributed by atoms with Crippen LogP contribution in [0.4, 0.5) is 0 Å². The number of oxime groups is 1. The molecule has 0 aliphatic heterocycles. The fourth-order valence-corrected chi connectivity index (χ4v) is 3.58. The Morgan fingerprint density at radius 2 is 2.11 bits per heavy atom. The van der Waals surface area contributed by atoms with Gasteiger partial charge in [-0.25, -0.2) is 13.1 Å². The molecule has 1 aliphatic carbocycles. The van der Waals surface area contributed by atoms with Gasteiger partial charge in [-0.3, -0.25) is 0 Å². The zero-order chi connectivity index (χ0) is 14.0. The molecule has 2 rings (SSSR count). The van der Waals surface area contributed by atoms with E-state index in [1.165, 1.54) is 12.1 Å². The second-order valence-corrected chi connectivity index (χ2v) is 6.48. The van der Waals surface area contributed by atoms with Gasteiger partial charge in [-0.15, -0.1) is 0 Å². The van der Waals surface area contributed by atoms with Crippen LogP contribution in [0.5, 0.6) is 0 Å². The summed E-state index contributed by atoms with van der Waals surface area (Å²) in [6, 6.07) is 5.41. The molecule has 4 N–H and O–H groups in total. The molecule has 1 atom stereocenters. The zero-order valence-corrected chi connectivity index (χ0v) is 11.5. The first-order chi connectivity index (χ1) is 8.95. The summed E-state index contributed by atoms with van der Waals surface area (Å²) in [5.41, 5.74) is 5.52. The Morgan fingerprint density at radius 3 is 2.63 bits per heavy atom. The van der Waals surface area contributed by atoms with Gasteiger partial charge in [0.05, 0.1) is 11.1 Å². The van der Waals surface area contributed by atoms with E-state index in [1.54, 1.807) is 12.1 Å². The molecule has 1 saturated carbocycles. The summed E-state index contributed by atoms with van der Waals surface area (Å²) in [4.78, 5) is -0.0203. The Morgan fingerprint density at radius 1 is 1.47 bits per heavy atom. The average Bonchev–Trinajstić information content (AvgIpc) is 3.19. The number of nitrogens with one attached hydrogen (secondary N) is 1. The lowest BCUT2D eigenvalue weighted by atomic mass is 10.2. The van der Waals surface area contributed by atoms with Gasteiger partial charge in [0.15, 0.2) is 5.84 Å². The summed E-state index contributed by atoms with van der Waals surface area (Å²) < 4.78 is 26.9. The minimum absolute atomic E-state index is 0.0203. The van der Waals surface area contributed by atoms with Gasteiger partial charge in [-0.1, -0.05) is 28.9 Å². The molecule has 1 fully saturated rings. The fourth-order valence-electron chi connectivity index (χ4n) is 1.78. The molecular formula is C11H14ClN3O3S. The SMILES string of the molecule is NC(=NO)C(NS(=O)(=O)c1ccccc1Cl)C1CC1. The van der Waals surface area contributed by atoms with Crippen molar-refractivity contribution in [1.82, 2.24) is 4.72 Å².